The van der Waals surface area contributed by atoms with Gasteiger partial charge in [0.15, 0.2) is 17.2 Å². The summed E-state index contributed by atoms with van der Waals surface area (Å²) in [6, 6.07) is 3.61. The number of hydrogen-bond donors (Lipinski definition) is 2. The number of ketones is 1. The fraction of sp³-hybridized carbons (Fsp3) is 0.500. The predicted molar refractivity (Wildman–Crippen MR) is 82.3 cm³/mol. The molecule has 2 atom stereocenters. The van der Waals surface area contributed by atoms with Crippen LogP contribution in [0.1, 0.15) is 36.5 Å². The third-order valence-corrected chi connectivity index (χ3v) is 3.72. The lowest BCUT2D eigenvalue weighted by molar-refractivity contribution is 0.0643. The summed E-state index contributed by atoms with van der Waals surface area (Å²) in [4.78, 5) is 17.0. The van der Waals surface area contributed by atoms with Crippen molar-refractivity contribution in [3.05, 3.63) is 29.7 Å². The van der Waals surface area contributed by atoms with Crippen LogP contribution >= 0.6 is 0 Å². The van der Waals surface area contributed by atoms with Gasteiger partial charge >= 0.3 is 0 Å². The average Bonchev–Trinajstić information content (AvgIpc) is 2.81. The molecule has 0 saturated heterocycles. The minimum atomic E-state index is -0.743. The number of pyridine rings is 1. The van der Waals surface area contributed by atoms with E-state index in [1.165, 1.54) is 0 Å². The number of aromatic nitrogens is 2. The number of nitrogens with zero attached hydrogens (tertiary/aromatic N) is 2. The summed E-state index contributed by atoms with van der Waals surface area (Å²) in [5.41, 5.74) is 1.68. The Morgan fingerprint density at radius 2 is 2.23 bits per heavy atom. The normalized spacial score (nSPS) is 14.0. The molecule has 0 spiro atoms. The van der Waals surface area contributed by atoms with Gasteiger partial charge in [0.1, 0.15) is 5.69 Å². The van der Waals surface area contributed by atoms with Crippen LogP contribution in [0, 0.1) is 12.8 Å². The molecule has 2 aromatic rings. The molecule has 2 N–H and O–H groups in total. The lowest BCUT2D eigenvalue weighted by Crippen LogP contribution is -2.24. The molecule has 0 radical (unpaired) electrons. The summed E-state index contributed by atoms with van der Waals surface area (Å²) in [6.07, 6.45) is 1.09. The zero-order valence-corrected chi connectivity index (χ0v) is 13.1. The molecule has 6 heteroatoms. The highest BCUT2D eigenvalue weighted by Crippen LogP contribution is 2.24. The molecule has 0 fully saturated rings. The average molecular weight is 306 g/mol. The van der Waals surface area contributed by atoms with Crippen molar-refractivity contribution in [2.75, 3.05) is 13.2 Å². The molecule has 0 aliphatic heterocycles. The first-order chi connectivity index (χ1) is 10.5. The van der Waals surface area contributed by atoms with E-state index < -0.39 is 12.0 Å². The standard InChI is InChI=1S/C16H22N2O4/c1-4-22-14-6-5-7-18-15(10(2)17-16(14)18)13(21)8-12(9-19)11(3)20/h5-7,11-12,19-20H,4,8-9H2,1-3H3/t11-,12+/m1/s1. The monoisotopic (exact) mass is 306 g/mol. The van der Waals surface area contributed by atoms with Gasteiger partial charge < -0.3 is 14.9 Å². The largest absolute Gasteiger partial charge is 0.490 e. The predicted octanol–water partition coefficient (Wildman–Crippen LogP) is 1.60. The highest BCUT2D eigenvalue weighted by atomic mass is 16.5. The molecule has 2 rings (SSSR count). The molecule has 0 aromatic carbocycles. The Hall–Kier alpha value is -1.92. The molecular formula is C16H22N2O4. The van der Waals surface area contributed by atoms with Gasteiger partial charge in [-0.05, 0) is 32.9 Å². The highest BCUT2D eigenvalue weighted by molar-refractivity contribution is 5.96. The maximum Gasteiger partial charge on any atom is 0.181 e. The molecule has 120 valence electrons. The van der Waals surface area contributed by atoms with Crippen LogP contribution in [0.15, 0.2) is 18.3 Å². The Morgan fingerprint density at radius 3 is 2.82 bits per heavy atom. The molecule has 22 heavy (non-hydrogen) atoms. The molecule has 6 nitrogen and oxygen atoms in total. The number of carbonyl (C=O) groups excluding carboxylic acids is 1. The van der Waals surface area contributed by atoms with Gasteiger partial charge in [-0.1, -0.05) is 0 Å². The Labute approximate surface area is 129 Å². The van der Waals surface area contributed by atoms with Crippen LogP contribution in [0.5, 0.6) is 5.75 Å². The maximum atomic E-state index is 12.6. The van der Waals surface area contributed by atoms with E-state index >= 15 is 0 Å². The van der Waals surface area contributed by atoms with E-state index in [2.05, 4.69) is 4.98 Å². The number of Topliss-reactive ketones (excluding diaryl/α,β-unsaturated/α-hetero) is 1. The quantitative estimate of drug-likeness (QED) is 0.759. The van der Waals surface area contributed by atoms with Crippen molar-refractivity contribution in [2.24, 2.45) is 5.92 Å². The van der Waals surface area contributed by atoms with Crippen molar-refractivity contribution in [3.8, 4) is 5.75 Å². The third kappa shape index (κ3) is 3.13. The number of fused-ring (bicyclic) bond motifs is 1. The van der Waals surface area contributed by atoms with E-state index in [4.69, 9.17) is 4.74 Å². The number of aliphatic hydroxyl groups excluding tert-OH is 2. The van der Waals surface area contributed by atoms with Gasteiger partial charge in [0.05, 0.1) is 18.4 Å². The smallest absolute Gasteiger partial charge is 0.181 e. The van der Waals surface area contributed by atoms with E-state index in [1.54, 1.807) is 30.5 Å². The summed E-state index contributed by atoms with van der Waals surface area (Å²) in [6.45, 7) is 5.52. The Balaban J connectivity index is 2.41. The van der Waals surface area contributed by atoms with Crippen LogP contribution in [0.25, 0.3) is 5.65 Å². The number of hydrogen-bond acceptors (Lipinski definition) is 5. The van der Waals surface area contributed by atoms with Crippen LogP contribution in [-0.4, -0.2) is 44.7 Å². The molecule has 2 heterocycles. The summed E-state index contributed by atoms with van der Waals surface area (Å²) < 4.78 is 7.24. The first-order valence-corrected chi connectivity index (χ1v) is 7.42. The van der Waals surface area contributed by atoms with Crippen LogP contribution in [0.3, 0.4) is 0 Å². The minimum Gasteiger partial charge on any atom is -0.490 e. The maximum absolute atomic E-state index is 12.6. The molecule has 0 saturated carbocycles. The van der Waals surface area contributed by atoms with Crippen molar-refractivity contribution in [2.45, 2.75) is 33.3 Å². The van der Waals surface area contributed by atoms with E-state index in [9.17, 15) is 15.0 Å². The zero-order valence-electron chi connectivity index (χ0n) is 13.1. The molecule has 0 aliphatic carbocycles. The second-order valence-corrected chi connectivity index (χ2v) is 5.36. The van der Waals surface area contributed by atoms with E-state index in [0.29, 0.717) is 29.4 Å². The van der Waals surface area contributed by atoms with Crippen LogP contribution in [0.2, 0.25) is 0 Å². The highest BCUT2D eigenvalue weighted by Gasteiger charge is 2.24. The van der Waals surface area contributed by atoms with Gasteiger partial charge in [-0.25, -0.2) is 4.98 Å². The van der Waals surface area contributed by atoms with Crippen LogP contribution < -0.4 is 4.74 Å². The van der Waals surface area contributed by atoms with Crippen molar-refractivity contribution in [1.82, 2.24) is 9.38 Å². The van der Waals surface area contributed by atoms with E-state index in [0.717, 1.165) is 0 Å². The van der Waals surface area contributed by atoms with Gasteiger partial charge in [0.2, 0.25) is 0 Å². The summed E-state index contributed by atoms with van der Waals surface area (Å²) >= 11 is 0. The second-order valence-electron chi connectivity index (χ2n) is 5.36. The van der Waals surface area contributed by atoms with Crippen molar-refractivity contribution in [1.29, 1.82) is 0 Å². The fourth-order valence-electron chi connectivity index (χ4n) is 2.48. The number of carbonyl (C=O) groups is 1. The van der Waals surface area contributed by atoms with Crippen molar-refractivity contribution < 1.29 is 19.7 Å². The van der Waals surface area contributed by atoms with Gasteiger partial charge in [-0.3, -0.25) is 9.20 Å². The second kappa shape index (κ2) is 6.89. The van der Waals surface area contributed by atoms with Crippen LogP contribution in [0.4, 0.5) is 0 Å². The minimum absolute atomic E-state index is 0.0711. The van der Waals surface area contributed by atoms with Gasteiger partial charge in [0, 0.05) is 25.1 Å². The molecule has 0 aliphatic rings. The molecule has 2 aromatic heterocycles. The number of aliphatic hydroxyl groups is 2. The lowest BCUT2D eigenvalue weighted by Gasteiger charge is -2.16. The first-order valence-electron chi connectivity index (χ1n) is 7.42. The van der Waals surface area contributed by atoms with E-state index in [1.807, 2.05) is 13.0 Å². The van der Waals surface area contributed by atoms with Gasteiger partial charge in [0.25, 0.3) is 0 Å². The summed E-state index contributed by atoms with van der Waals surface area (Å²) in [5, 5.41) is 18.9. The Bertz CT molecular complexity index is 663. The van der Waals surface area contributed by atoms with Crippen molar-refractivity contribution >= 4 is 11.4 Å². The number of rotatable bonds is 7. The third-order valence-electron chi connectivity index (χ3n) is 3.72. The zero-order chi connectivity index (χ0) is 16.3. The Morgan fingerprint density at radius 1 is 1.50 bits per heavy atom. The Kier molecular flexibility index (Phi) is 5.15. The summed E-state index contributed by atoms with van der Waals surface area (Å²) in [5.74, 6) is -0.00694. The lowest BCUT2D eigenvalue weighted by atomic mass is 9.96. The SMILES string of the molecule is CCOc1cccn2c(C(=O)C[C@@H](CO)[C@@H](C)O)c(C)nc12. The summed E-state index contributed by atoms with van der Waals surface area (Å²) in [7, 11) is 0. The first kappa shape index (κ1) is 16.5. The van der Waals surface area contributed by atoms with Crippen LogP contribution in [-0.2, 0) is 0 Å². The topological polar surface area (TPSA) is 84.1 Å². The van der Waals surface area contributed by atoms with E-state index in [-0.39, 0.29) is 18.8 Å². The van der Waals surface area contributed by atoms with Gasteiger partial charge in [-0.2, -0.15) is 0 Å². The number of ether oxygens (including phenoxy) is 1. The number of imidazole rings is 1. The molecular weight excluding hydrogens is 284 g/mol. The van der Waals surface area contributed by atoms with Crippen molar-refractivity contribution in [3.63, 3.8) is 0 Å². The molecule has 0 bridgehead atoms. The number of aryl methyl sites for hydroxylation is 1. The fourth-order valence-corrected chi connectivity index (χ4v) is 2.48. The van der Waals surface area contributed by atoms with Gasteiger partial charge in [-0.15, -0.1) is 0 Å². The molecule has 0 amide bonds. The molecule has 0 unspecified atom stereocenters.